The fourth-order valence-electron chi connectivity index (χ4n) is 4.94. The Hall–Kier alpha value is -4.95. The van der Waals surface area contributed by atoms with E-state index in [1.165, 1.54) is 5.97 Å². The van der Waals surface area contributed by atoms with E-state index >= 15 is 0 Å². The Balaban J connectivity index is 0.00000124. The van der Waals surface area contributed by atoms with E-state index in [1.54, 1.807) is 18.2 Å². The molecule has 0 saturated carbocycles. The van der Waals surface area contributed by atoms with Gasteiger partial charge in [-0.05, 0) is 61.3 Å². The van der Waals surface area contributed by atoms with E-state index in [4.69, 9.17) is 11.0 Å². The highest BCUT2D eigenvalue weighted by Gasteiger charge is 2.24. The number of nitrogens with two attached hydrogens (primary N) is 1. The van der Waals surface area contributed by atoms with Gasteiger partial charge in [0.05, 0.1) is 10.4 Å². The predicted octanol–water partition coefficient (Wildman–Crippen LogP) is 4.55. The Morgan fingerprint density at radius 2 is 1.76 bits per heavy atom. The maximum absolute atomic E-state index is 13.3. The highest BCUT2D eigenvalue weighted by atomic mass is 16.6. The molecule has 1 amide bonds. The monoisotopic (exact) mass is 547 g/mol. The SMILES string of the molecule is Cc1nc2ccc(NC(=O)c3ccccc3CN3CCN(c4ccccc4[N+](=O)[O-])CC3)cc2c(N)c1C.[B]C#N. The number of hydrogen-bond donors (Lipinski definition) is 2. The molecule has 2 heterocycles. The summed E-state index contributed by atoms with van der Waals surface area (Å²) in [5.41, 5.74) is 12.6. The van der Waals surface area contributed by atoms with Gasteiger partial charge in [0.15, 0.2) is 0 Å². The lowest BCUT2D eigenvalue weighted by Gasteiger charge is -2.36. The molecule has 206 valence electrons. The first kappa shape index (κ1) is 29.0. The first-order chi connectivity index (χ1) is 19.7. The van der Waals surface area contributed by atoms with Crippen LogP contribution in [0.1, 0.15) is 27.2 Å². The average Bonchev–Trinajstić information content (AvgIpc) is 2.97. The third-order valence-electron chi connectivity index (χ3n) is 7.23. The van der Waals surface area contributed by atoms with Crippen LogP contribution in [0.3, 0.4) is 0 Å². The maximum Gasteiger partial charge on any atom is 0.292 e. The number of amides is 1. The number of aromatic nitrogens is 1. The van der Waals surface area contributed by atoms with E-state index in [1.807, 2.05) is 62.4 Å². The number of nitrogens with one attached hydrogen (secondary N) is 1. The number of para-hydroxylation sites is 2. The number of piperazine rings is 1. The van der Waals surface area contributed by atoms with E-state index in [2.05, 4.69) is 27.9 Å². The number of aryl methyl sites for hydroxylation is 1. The smallest absolute Gasteiger partial charge is 0.292 e. The van der Waals surface area contributed by atoms with Crippen LogP contribution in [0, 0.1) is 35.2 Å². The number of benzene rings is 3. The number of nitrogen functional groups attached to an aromatic ring is 1. The minimum Gasteiger partial charge on any atom is -0.398 e. The van der Waals surface area contributed by atoms with Crippen LogP contribution in [0.2, 0.25) is 0 Å². The number of nitriles is 1. The number of carbonyl (C=O) groups excluding carboxylic acids is 1. The minimum atomic E-state index is -0.334. The van der Waals surface area contributed by atoms with Crippen molar-refractivity contribution in [2.45, 2.75) is 20.4 Å². The summed E-state index contributed by atoms with van der Waals surface area (Å²) in [7, 11) is 4.15. The molecule has 1 aliphatic rings. The lowest BCUT2D eigenvalue weighted by atomic mass is 10.0. The van der Waals surface area contributed by atoms with Gasteiger partial charge in [-0.2, -0.15) is 0 Å². The normalized spacial score (nSPS) is 13.1. The Morgan fingerprint density at radius 1 is 1.10 bits per heavy atom. The summed E-state index contributed by atoms with van der Waals surface area (Å²) in [6.45, 7) is 7.30. The molecule has 11 heteroatoms. The Bertz CT molecular complexity index is 1630. The van der Waals surface area contributed by atoms with Gasteiger partial charge < -0.3 is 16.0 Å². The van der Waals surface area contributed by atoms with Crippen LogP contribution in [-0.4, -0.2) is 54.7 Å². The van der Waals surface area contributed by atoms with Crippen molar-refractivity contribution >= 4 is 47.4 Å². The molecule has 1 fully saturated rings. The summed E-state index contributed by atoms with van der Waals surface area (Å²) in [5, 5.41) is 22.4. The summed E-state index contributed by atoms with van der Waals surface area (Å²) in [5.74, 6) is 1.06. The number of rotatable bonds is 6. The standard InChI is InChI=1S/C29H30N6O3.CBN/c1-19-20(2)31-25-12-11-22(17-24(25)28(19)30)32-29(36)23-8-4-3-7-21(23)18-33-13-15-34(16-14-33)26-9-5-6-10-27(26)35(37)38;2-1-3/h3-12,17H,13-16,18H2,1-2H3,(H2,30,31)(H,32,36);. The van der Waals surface area contributed by atoms with Gasteiger partial charge in [-0.25, -0.2) is 5.26 Å². The number of pyridine rings is 1. The second-order valence-corrected chi connectivity index (χ2v) is 9.72. The summed E-state index contributed by atoms with van der Waals surface area (Å²) in [4.78, 5) is 33.3. The van der Waals surface area contributed by atoms with Crippen LogP contribution < -0.4 is 16.0 Å². The quantitative estimate of drug-likeness (QED) is 0.203. The van der Waals surface area contributed by atoms with Gasteiger partial charge in [-0.3, -0.25) is 24.8 Å². The predicted molar refractivity (Wildman–Crippen MR) is 162 cm³/mol. The van der Waals surface area contributed by atoms with Gasteiger partial charge in [0, 0.05) is 66.8 Å². The van der Waals surface area contributed by atoms with E-state index in [9.17, 15) is 14.9 Å². The van der Waals surface area contributed by atoms with Crippen molar-refractivity contribution in [3.05, 3.63) is 99.2 Å². The van der Waals surface area contributed by atoms with Crippen molar-refractivity contribution in [1.29, 1.82) is 5.26 Å². The molecule has 41 heavy (non-hydrogen) atoms. The molecular weight excluding hydrogens is 517 g/mol. The molecule has 3 aromatic carbocycles. The molecule has 0 unspecified atom stereocenters. The topological polar surface area (TPSA) is 141 Å². The molecule has 1 aromatic heterocycles. The van der Waals surface area contributed by atoms with Crippen LogP contribution in [-0.2, 0) is 6.54 Å². The van der Waals surface area contributed by atoms with Gasteiger partial charge in [-0.15, -0.1) is 0 Å². The van der Waals surface area contributed by atoms with Crippen molar-refractivity contribution < 1.29 is 9.72 Å². The van der Waals surface area contributed by atoms with Crippen LogP contribution in [0.5, 0.6) is 0 Å². The van der Waals surface area contributed by atoms with Crippen molar-refractivity contribution in [3.8, 4) is 5.97 Å². The van der Waals surface area contributed by atoms with Crippen molar-refractivity contribution in [1.82, 2.24) is 9.88 Å². The molecule has 1 saturated heterocycles. The van der Waals surface area contributed by atoms with E-state index < -0.39 is 0 Å². The summed E-state index contributed by atoms with van der Waals surface area (Å²) in [6, 6.07) is 20.0. The van der Waals surface area contributed by atoms with Crippen molar-refractivity contribution in [3.63, 3.8) is 0 Å². The van der Waals surface area contributed by atoms with Crippen LogP contribution in [0.25, 0.3) is 10.9 Å². The Labute approximate surface area is 239 Å². The van der Waals surface area contributed by atoms with E-state index in [0.717, 1.165) is 40.8 Å². The number of nitrogens with zero attached hydrogens (tertiary/aromatic N) is 5. The zero-order chi connectivity index (χ0) is 29.5. The molecule has 0 atom stereocenters. The highest BCUT2D eigenvalue weighted by molar-refractivity contribution is 6.20. The fourth-order valence-corrected chi connectivity index (χ4v) is 4.94. The largest absolute Gasteiger partial charge is 0.398 e. The minimum absolute atomic E-state index is 0.125. The second kappa shape index (κ2) is 12.9. The number of anilines is 3. The van der Waals surface area contributed by atoms with Gasteiger partial charge in [-0.1, -0.05) is 30.3 Å². The lowest BCUT2D eigenvalue weighted by Crippen LogP contribution is -2.46. The molecule has 1 aliphatic heterocycles. The number of nitro benzene ring substituents is 1. The molecule has 0 spiro atoms. The first-order valence-electron chi connectivity index (χ1n) is 13.1. The maximum atomic E-state index is 13.3. The van der Waals surface area contributed by atoms with Crippen molar-refractivity contribution in [2.75, 3.05) is 42.1 Å². The number of nitro groups is 1. The van der Waals surface area contributed by atoms with Crippen LogP contribution >= 0.6 is 0 Å². The molecule has 0 aliphatic carbocycles. The highest BCUT2D eigenvalue weighted by Crippen LogP contribution is 2.30. The van der Waals surface area contributed by atoms with Gasteiger partial charge in [0.25, 0.3) is 11.6 Å². The van der Waals surface area contributed by atoms with Crippen LogP contribution in [0.15, 0.2) is 66.7 Å². The molecule has 0 bridgehead atoms. The van der Waals surface area contributed by atoms with E-state index in [0.29, 0.717) is 42.3 Å². The molecule has 10 nitrogen and oxygen atoms in total. The third kappa shape index (κ3) is 6.62. The average molecular weight is 547 g/mol. The Morgan fingerprint density at radius 3 is 2.46 bits per heavy atom. The van der Waals surface area contributed by atoms with Gasteiger partial charge in [0.1, 0.15) is 5.69 Å². The number of hydrogen-bond acceptors (Lipinski definition) is 8. The van der Waals surface area contributed by atoms with Gasteiger partial charge >= 0.3 is 0 Å². The summed E-state index contributed by atoms with van der Waals surface area (Å²) < 4.78 is 0. The molecule has 5 rings (SSSR count). The summed E-state index contributed by atoms with van der Waals surface area (Å²) >= 11 is 0. The molecular formula is C30H30BN7O3. The Kier molecular flexibility index (Phi) is 9.17. The molecule has 4 aromatic rings. The van der Waals surface area contributed by atoms with Crippen LogP contribution in [0.4, 0.5) is 22.7 Å². The van der Waals surface area contributed by atoms with Gasteiger partial charge in [0.2, 0.25) is 7.85 Å². The second-order valence-electron chi connectivity index (χ2n) is 9.72. The summed E-state index contributed by atoms with van der Waals surface area (Å²) in [6.07, 6.45) is 0. The lowest BCUT2D eigenvalue weighted by molar-refractivity contribution is -0.384. The number of carbonyl (C=O) groups is 1. The zero-order valence-corrected chi connectivity index (χ0v) is 23.0. The third-order valence-corrected chi connectivity index (χ3v) is 7.23. The first-order valence-corrected chi connectivity index (χ1v) is 13.1. The molecule has 2 radical (unpaired) electrons. The zero-order valence-electron chi connectivity index (χ0n) is 23.0. The fraction of sp³-hybridized carbons (Fsp3) is 0.233. The molecule has 3 N–H and O–H groups in total. The van der Waals surface area contributed by atoms with Crippen molar-refractivity contribution in [2.24, 2.45) is 0 Å². The number of fused-ring (bicyclic) bond motifs is 1. The van der Waals surface area contributed by atoms with E-state index in [-0.39, 0.29) is 16.5 Å².